The maximum absolute atomic E-state index is 12.3. The van der Waals surface area contributed by atoms with Gasteiger partial charge in [0.2, 0.25) is 0 Å². The van der Waals surface area contributed by atoms with Crippen molar-refractivity contribution in [3.63, 3.8) is 0 Å². The Labute approximate surface area is 168 Å². The Kier molecular flexibility index (Phi) is 6.71. The smallest absolute Gasteiger partial charge is 0.339 e. The molecule has 146 valence electrons. The highest BCUT2D eigenvalue weighted by atomic mass is 32.2. The van der Waals surface area contributed by atoms with E-state index in [1.807, 2.05) is 19.1 Å². The summed E-state index contributed by atoms with van der Waals surface area (Å²) in [6.45, 7) is 1.57. The van der Waals surface area contributed by atoms with Crippen LogP contribution in [0.3, 0.4) is 0 Å². The first-order valence-electron chi connectivity index (χ1n) is 9.17. The van der Waals surface area contributed by atoms with Crippen LogP contribution in [0.4, 0.5) is 5.69 Å². The molecular weight excluding hydrogens is 376 g/mol. The van der Waals surface area contributed by atoms with Gasteiger partial charge < -0.3 is 15.4 Å². The van der Waals surface area contributed by atoms with Gasteiger partial charge in [-0.05, 0) is 42.9 Å². The van der Waals surface area contributed by atoms with Crippen molar-refractivity contribution in [2.45, 2.75) is 30.7 Å². The average molecular weight is 398 g/mol. The molecule has 7 heteroatoms. The van der Waals surface area contributed by atoms with Gasteiger partial charge in [-0.2, -0.15) is 0 Å². The Morgan fingerprint density at radius 3 is 2.43 bits per heavy atom. The molecule has 1 fully saturated rings. The Morgan fingerprint density at radius 2 is 1.71 bits per heavy atom. The normalized spacial score (nSPS) is 12.9. The van der Waals surface area contributed by atoms with Crippen molar-refractivity contribution in [1.82, 2.24) is 5.32 Å². The average Bonchev–Trinajstić information content (AvgIpc) is 3.51. The van der Waals surface area contributed by atoms with Crippen molar-refractivity contribution >= 4 is 35.2 Å². The molecule has 1 aliphatic carbocycles. The molecule has 2 aromatic carbocycles. The van der Waals surface area contributed by atoms with Crippen molar-refractivity contribution in [3.05, 3.63) is 59.7 Å². The zero-order valence-corrected chi connectivity index (χ0v) is 16.4. The second-order valence-corrected chi connectivity index (χ2v) is 7.65. The number of amides is 2. The highest BCUT2D eigenvalue weighted by molar-refractivity contribution is 7.99. The fraction of sp³-hybridized carbons (Fsp3) is 0.286. The fourth-order valence-corrected chi connectivity index (χ4v) is 3.39. The lowest BCUT2D eigenvalue weighted by Gasteiger charge is -2.12. The highest BCUT2D eigenvalue weighted by Crippen LogP contribution is 2.23. The molecule has 28 heavy (non-hydrogen) atoms. The van der Waals surface area contributed by atoms with Crippen LogP contribution in [0, 0.1) is 0 Å². The predicted molar refractivity (Wildman–Crippen MR) is 109 cm³/mol. The molecule has 0 aliphatic heterocycles. The minimum absolute atomic E-state index is 0.221. The molecule has 2 aromatic rings. The highest BCUT2D eigenvalue weighted by Gasteiger charge is 2.25. The zero-order chi connectivity index (χ0) is 19.9. The summed E-state index contributed by atoms with van der Waals surface area (Å²) >= 11 is 1.54. The van der Waals surface area contributed by atoms with Crippen LogP contribution in [0.1, 0.15) is 40.5 Å². The molecule has 0 saturated heterocycles. The summed E-state index contributed by atoms with van der Waals surface area (Å²) in [7, 11) is 0. The van der Waals surface area contributed by atoms with E-state index in [2.05, 4.69) is 10.6 Å². The zero-order valence-electron chi connectivity index (χ0n) is 15.6. The first-order chi connectivity index (χ1) is 13.6. The molecule has 0 unspecified atom stereocenters. The Bertz CT molecular complexity index is 880. The van der Waals surface area contributed by atoms with Crippen LogP contribution >= 0.6 is 11.8 Å². The van der Waals surface area contributed by atoms with Gasteiger partial charge in [0.15, 0.2) is 6.61 Å². The van der Waals surface area contributed by atoms with Crippen molar-refractivity contribution in [2.24, 2.45) is 0 Å². The first kappa shape index (κ1) is 19.9. The van der Waals surface area contributed by atoms with Crippen LogP contribution in [0.5, 0.6) is 0 Å². The number of hydrogen-bond acceptors (Lipinski definition) is 5. The minimum Gasteiger partial charge on any atom is -0.452 e. The summed E-state index contributed by atoms with van der Waals surface area (Å²) in [6.07, 6.45) is 1.96. The summed E-state index contributed by atoms with van der Waals surface area (Å²) in [5.41, 5.74) is 1.22. The molecule has 2 amide bonds. The number of esters is 1. The van der Waals surface area contributed by atoms with Crippen LogP contribution in [-0.2, 0) is 9.53 Å². The third-order valence-corrected chi connectivity index (χ3v) is 5.06. The van der Waals surface area contributed by atoms with Gasteiger partial charge in [0.25, 0.3) is 11.8 Å². The van der Waals surface area contributed by atoms with E-state index in [1.165, 1.54) is 11.8 Å². The maximum Gasteiger partial charge on any atom is 0.339 e. The van der Waals surface area contributed by atoms with E-state index >= 15 is 0 Å². The molecule has 1 saturated carbocycles. The van der Waals surface area contributed by atoms with Gasteiger partial charge >= 0.3 is 5.97 Å². The number of nitrogens with one attached hydrogen (secondary N) is 2. The van der Waals surface area contributed by atoms with Gasteiger partial charge in [0.1, 0.15) is 0 Å². The quantitative estimate of drug-likeness (QED) is 0.525. The summed E-state index contributed by atoms with van der Waals surface area (Å²) in [5.74, 6) is -0.446. The number of thioether (sulfide) groups is 1. The van der Waals surface area contributed by atoms with E-state index in [0.717, 1.165) is 23.5 Å². The molecule has 1 aliphatic rings. The molecule has 6 nitrogen and oxygen atoms in total. The summed E-state index contributed by atoms with van der Waals surface area (Å²) in [6, 6.07) is 14.1. The van der Waals surface area contributed by atoms with E-state index < -0.39 is 18.5 Å². The van der Waals surface area contributed by atoms with Gasteiger partial charge in [-0.1, -0.05) is 31.2 Å². The van der Waals surface area contributed by atoms with Crippen LogP contribution < -0.4 is 10.6 Å². The van der Waals surface area contributed by atoms with Gasteiger partial charge in [0.05, 0.1) is 16.8 Å². The first-order valence-corrected chi connectivity index (χ1v) is 10.2. The van der Waals surface area contributed by atoms with Crippen LogP contribution in [0.25, 0.3) is 0 Å². The fourth-order valence-electron chi connectivity index (χ4n) is 2.59. The lowest BCUT2D eigenvalue weighted by atomic mass is 10.1. The molecule has 2 N–H and O–H groups in total. The third kappa shape index (κ3) is 5.36. The van der Waals surface area contributed by atoms with Crippen molar-refractivity contribution < 1.29 is 19.1 Å². The minimum atomic E-state index is -0.550. The number of rotatable bonds is 8. The Balaban J connectivity index is 1.59. The molecule has 0 atom stereocenters. The van der Waals surface area contributed by atoms with Gasteiger partial charge in [-0.15, -0.1) is 11.8 Å². The van der Waals surface area contributed by atoms with E-state index in [4.69, 9.17) is 4.74 Å². The molecule has 0 bridgehead atoms. The van der Waals surface area contributed by atoms with Crippen molar-refractivity contribution in [1.29, 1.82) is 0 Å². The van der Waals surface area contributed by atoms with Gasteiger partial charge in [-0.3, -0.25) is 9.59 Å². The van der Waals surface area contributed by atoms with Crippen molar-refractivity contribution in [3.8, 4) is 0 Å². The van der Waals surface area contributed by atoms with E-state index in [-0.39, 0.29) is 11.9 Å². The summed E-state index contributed by atoms with van der Waals surface area (Å²) in [5, 5.41) is 5.55. The molecule has 0 aromatic heterocycles. The molecule has 0 radical (unpaired) electrons. The van der Waals surface area contributed by atoms with E-state index in [9.17, 15) is 14.4 Å². The Hall–Kier alpha value is -2.80. The Morgan fingerprint density at radius 1 is 1.04 bits per heavy atom. The van der Waals surface area contributed by atoms with Gasteiger partial charge in [-0.25, -0.2) is 4.79 Å². The number of benzene rings is 2. The van der Waals surface area contributed by atoms with Crippen LogP contribution in [-0.4, -0.2) is 36.2 Å². The lowest BCUT2D eigenvalue weighted by molar-refractivity contribution is -0.119. The second kappa shape index (κ2) is 9.41. The standard InChI is InChI=1S/C21H22N2O4S/c1-2-28-18-10-6-4-8-16(18)21(26)27-13-19(24)23-17-9-5-3-7-15(17)20(25)22-14-11-12-14/h3-10,14H,2,11-13H2,1H3,(H,22,25)(H,23,24). The van der Waals surface area contributed by atoms with E-state index in [0.29, 0.717) is 16.8 Å². The van der Waals surface area contributed by atoms with Crippen molar-refractivity contribution in [2.75, 3.05) is 17.7 Å². The number of carbonyl (C=O) groups excluding carboxylic acids is 3. The maximum atomic E-state index is 12.3. The SMILES string of the molecule is CCSc1ccccc1C(=O)OCC(=O)Nc1ccccc1C(=O)NC1CC1. The lowest BCUT2D eigenvalue weighted by Crippen LogP contribution is -2.28. The largest absolute Gasteiger partial charge is 0.452 e. The number of ether oxygens (including phenoxy) is 1. The summed E-state index contributed by atoms with van der Waals surface area (Å²) < 4.78 is 5.16. The van der Waals surface area contributed by atoms with Crippen LogP contribution in [0.2, 0.25) is 0 Å². The van der Waals surface area contributed by atoms with Gasteiger partial charge in [0, 0.05) is 10.9 Å². The molecular formula is C21H22N2O4S. The molecule has 0 spiro atoms. The van der Waals surface area contributed by atoms with E-state index in [1.54, 1.807) is 36.4 Å². The topological polar surface area (TPSA) is 84.5 Å². The number of para-hydroxylation sites is 1. The number of anilines is 1. The number of hydrogen-bond donors (Lipinski definition) is 2. The third-order valence-electron chi connectivity index (χ3n) is 4.10. The monoisotopic (exact) mass is 398 g/mol. The van der Waals surface area contributed by atoms with Crippen LogP contribution in [0.15, 0.2) is 53.4 Å². The predicted octanol–water partition coefficient (Wildman–Crippen LogP) is 3.49. The summed E-state index contributed by atoms with van der Waals surface area (Å²) in [4.78, 5) is 37.7. The molecule has 0 heterocycles. The second-order valence-electron chi connectivity index (χ2n) is 6.35. The molecule has 3 rings (SSSR count). The number of carbonyl (C=O) groups is 3.